The molecule has 1 aromatic carbocycles. The molecule has 0 aliphatic rings. The van der Waals surface area contributed by atoms with Gasteiger partial charge in [0.25, 0.3) is 0 Å². The van der Waals surface area contributed by atoms with Crippen molar-refractivity contribution in [2.45, 2.75) is 38.6 Å². The molecule has 1 aromatic rings. The van der Waals surface area contributed by atoms with Crippen LogP contribution in [0.4, 0.5) is 0 Å². The summed E-state index contributed by atoms with van der Waals surface area (Å²) in [7, 11) is -3.57. The van der Waals surface area contributed by atoms with Crippen molar-refractivity contribution in [3.05, 3.63) is 29.3 Å². The summed E-state index contributed by atoms with van der Waals surface area (Å²) >= 11 is 0. The fourth-order valence-electron chi connectivity index (χ4n) is 1.74. The monoisotopic (exact) mass is 271 g/mol. The lowest BCUT2D eigenvalue weighted by atomic mass is 10.1. The van der Waals surface area contributed by atoms with Crippen molar-refractivity contribution >= 4 is 10.0 Å². The summed E-state index contributed by atoms with van der Waals surface area (Å²) in [4.78, 5) is 0.249. The zero-order chi connectivity index (χ0) is 13.9. The van der Waals surface area contributed by atoms with Gasteiger partial charge in [0.1, 0.15) is 0 Å². The van der Waals surface area contributed by atoms with E-state index in [0.717, 1.165) is 11.1 Å². The second-order valence-electron chi connectivity index (χ2n) is 4.98. The van der Waals surface area contributed by atoms with E-state index in [1.54, 1.807) is 12.1 Å². The average molecular weight is 271 g/mol. The number of rotatable bonds is 5. The van der Waals surface area contributed by atoms with E-state index in [1.165, 1.54) is 0 Å². The lowest BCUT2D eigenvalue weighted by molar-refractivity contribution is 0.227. The topological polar surface area (TPSA) is 66.4 Å². The highest BCUT2D eigenvalue weighted by molar-refractivity contribution is 7.89. The molecule has 0 radical (unpaired) electrons. The maximum atomic E-state index is 12.2. The van der Waals surface area contributed by atoms with Crippen LogP contribution in [0.5, 0.6) is 0 Å². The number of aliphatic hydroxyl groups excluding tert-OH is 1. The minimum atomic E-state index is -3.57. The van der Waals surface area contributed by atoms with Gasteiger partial charge in [-0.25, -0.2) is 13.1 Å². The van der Waals surface area contributed by atoms with Gasteiger partial charge in [-0.3, -0.25) is 0 Å². The van der Waals surface area contributed by atoms with Gasteiger partial charge in [-0.2, -0.15) is 0 Å². The Hall–Kier alpha value is -0.910. The van der Waals surface area contributed by atoms with Crippen LogP contribution in [-0.2, 0) is 10.0 Å². The van der Waals surface area contributed by atoms with Crippen molar-refractivity contribution in [2.75, 3.05) is 6.61 Å². The van der Waals surface area contributed by atoms with E-state index in [1.807, 2.05) is 33.8 Å². The summed E-state index contributed by atoms with van der Waals surface area (Å²) in [6.07, 6.45) is 0. The van der Waals surface area contributed by atoms with E-state index in [2.05, 4.69) is 4.72 Å². The third-order valence-corrected chi connectivity index (χ3v) is 4.28. The normalized spacial score (nSPS) is 13.9. The van der Waals surface area contributed by atoms with Crippen LogP contribution in [0.15, 0.2) is 23.1 Å². The van der Waals surface area contributed by atoms with E-state index in [4.69, 9.17) is 0 Å². The quantitative estimate of drug-likeness (QED) is 0.855. The summed E-state index contributed by atoms with van der Waals surface area (Å²) in [5, 5.41) is 9.19. The number of nitrogens with one attached hydrogen (secondary N) is 1. The first-order valence-corrected chi connectivity index (χ1v) is 7.46. The highest BCUT2D eigenvalue weighted by atomic mass is 32.2. The van der Waals surface area contributed by atoms with Crippen molar-refractivity contribution in [1.29, 1.82) is 0 Å². The second-order valence-corrected chi connectivity index (χ2v) is 6.69. The Morgan fingerprint density at radius 1 is 1.17 bits per heavy atom. The fraction of sp³-hybridized carbons (Fsp3) is 0.538. The molecule has 0 aliphatic heterocycles. The van der Waals surface area contributed by atoms with Gasteiger partial charge in [0.05, 0.1) is 11.5 Å². The zero-order valence-corrected chi connectivity index (χ0v) is 12.1. The Kier molecular flexibility index (Phi) is 4.90. The molecule has 0 aromatic heterocycles. The molecule has 0 saturated carbocycles. The van der Waals surface area contributed by atoms with Crippen LogP contribution >= 0.6 is 0 Å². The molecule has 5 heteroatoms. The van der Waals surface area contributed by atoms with Gasteiger partial charge in [0.2, 0.25) is 10.0 Å². The standard InChI is InChI=1S/C13H21NO3S/c1-9(2)13(8-15)14-18(16,17)12-6-10(3)5-11(4)7-12/h5-7,9,13-15H,8H2,1-4H3. The van der Waals surface area contributed by atoms with Crippen molar-refractivity contribution in [2.24, 2.45) is 5.92 Å². The molecule has 1 unspecified atom stereocenters. The molecule has 1 rings (SSSR count). The Balaban J connectivity index is 3.06. The molecule has 0 bridgehead atoms. The first kappa shape index (κ1) is 15.1. The summed E-state index contributed by atoms with van der Waals surface area (Å²) in [5.41, 5.74) is 1.81. The minimum Gasteiger partial charge on any atom is -0.395 e. The van der Waals surface area contributed by atoms with Crippen molar-refractivity contribution in [3.8, 4) is 0 Å². The summed E-state index contributed by atoms with van der Waals surface area (Å²) < 4.78 is 26.9. The maximum Gasteiger partial charge on any atom is 0.240 e. The molecule has 4 nitrogen and oxygen atoms in total. The van der Waals surface area contributed by atoms with Gasteiger partial charge in [-0.1, -0.05) is 19.9 Å². The Morgan fingerprint density at radius 3 is 2.06 bits per heavy atom. The smallest absolute Gasteiger partial charge is 0.240 e. The molecular formula is C13H21NO3S. The fourth-order valence-corrected chi connectivity index (χ4v) is 3.30. The summed E-state index contributed by atoms with van der Waals surface area (Å²) in [6.45, 7) is 7.24. The third-order valence-electron chi connectivity index (χ3n) is 2.81. The number of aryl methyl sites for hydroxylation is 2. The Morgan fingerprint density at radius 2 is 1.67 bits per heavy atom. The molecule has 1 atom stereocenters. The number of hydrogen-bond acceptors (Lipinski definition) is 3. The van der Waals surface area contributed by atoms with E-state index < -0.39 is 16.1 Å². The van der Waals surface area contributed by atoms with E-state index in [-0.39, 0.29) is 17.4 Å². The van der Waals surface area contributed by atoms with Crippen molar-refractivity contribution < 1.29 is 13.5 Å². The molecule has 18 heavy (non-hydrogen) atoms. The second kappa shape index (κ2) is 5.82. The van der Waals surface area contributed by atoms with Gasteiger partial charge < -0.3 is 5.11 Å². The SMILES string of the molecule is Cc1cc(C)cc(S(=O)(=O)NC(CO)C(C)C)c1. The van der Waals surface area contributed by atoms with Crippen LogP contribution in [-0.4, -0.2) is 26.2 Å². The van der Waals surface area contributed by atoms with Crippen molar-refractivity contribution in [1.82, 2.24) is 4.72 Å². The highest BCUT2D eigenvalue weighted by Gasteiger charge is 2.22. The van der Waals surface area contributed by atoms with Gasteiger partial charge in [-0.15, -0.1) is 0 Å². The molecule has 0 spiro atoms. The molecule has 0 heterocycles. The summed E-state index contributed by atoms with van der Waals surface area (Å²) in [6, 6.07) is 4.72. The molecule has 0 aliphatic carbocycles. The van der Waals surface area contributed by atoms with Crippen LogP contribution in [0.2, 0.25) is 0 Å². The average Bonchev–Trinajstić information content (AvgIpc) is 2.24. The summed E-state index contributed by atoms with van der Waals surface area (Å²) in [5.74, 6) is 0.0377. The molecule has 102 valence electrons. The molecule has 2 N–H and O–H groups in total. The van der Waals surface area contributed by atoms with Gasteiger partial charge in [-0.05, 0) is 43.0 Å². The largest absolute Gasteiger partial charge is 0.395 e. The zero-order valence-electron chi connectivity index (χ0n) is 11.3. The third kappa shape index (κ3) is 3.80. The predicted octanol–water partition coefficient (Wildman–Crippen LogP) is 1.60. The van der Waals surface area contributed by atoms with Gasteiger partial charge in [0, 0.05) is 6.04 Å². The first-order valence-electron chi connectivity index (χ1n) is 5.97. The lowest BCUT2D eigenvalue weighted by Crippen LogP contribution is -2.41. The lowest BCUT2D eigenvalue weighted by Gasteiger charge is -2.20. The molecule has 0 fully saturated rings. The van der Waals surface area contributed by atoms with Crippen LogP contribution in [0.1, 0.15) is 25.0 Å². The van der Waals surface area contributed by atoms with Crippen LogP contribution in [0.3, 0.4) is 0 Å². The van der Waals surface area contributed by atoms with E-state index >= 15 is 0 Å². The van der Waals surface area contributed by atoms with E-state index in [0.29, 0.717) is 0 Å². The number of hydrogen-bond donors (Lipinski definition) is 2. The first-order chi connectivity index (χ1) is 8.26. The van der Waals surface area contributed by atoms with Crippen LogP contribution < -0.4 is 4.72 Å². The highest BCUT2D eigenvalue weighted by Crippen LogP contribution is 2.15. The minimum absolute atomic E-state index is 0.0377. The van der Waals surface area contributed by atoms with Gasteiger partial charge in [0.15, 0.2) is 0 Å². The predicted molar refractivity (Wildman–Crippen MR) is 71.9 cm³/mol. The van der Waals surface area contributed by atoms with Crippen LogP contribution in [0.25, 0.3) is 0 Å². The molecule has 0 saturated heterocycles. The number of benzene rings is 1. The van der Waals surface area contributed by atoms with E-state index in [9.17, 15) is 13.5 Å². The number of aliphatic hydroxyl groups is 1. The van der Waals surface area contributed by atoms with Crippen LogP contribution in [0, 0.1) is 19.8 Å². The Bertz CT molecular complexity index is 489. The van der Waals surface area contributed by atoms with Gasteiger partial charge >= 0.3 is 0 Å². The number of sulfonamides is 1. The molecular weight excluding hydrogens is 250 g/mol. The van der Waals surface area contributed by atoms with Crippen molar-refractivity contribution in [3.63, 3.8) is 0 Å². The Labute approximate surface area is 109 Å². The molecule has 0 amide bonds. The maximum absolute atomic E-state index is 12.2.